The topological polar surface area (TPSA) is 50.9 Å². The van der Waals surface area contributed by atoms with Crippen molar-refractivity contribution in [3.05, 3.63) is 168 Å². The van der Waals surface area contributed by atoms with Gasteiger partial charge in [-0.25, -0.2) is 4.98 Å². The van der Waals surface area contributed by atoms with E-state index in [9.17, 15) is 6.48 Å². The third kappa shape index (κ3) is 8.34. The fraction of sp³-hybridized carbons (Fsp3) is 0.222. The second kappa shape index (κ2) is 15.9. The van der Waals surface area contributed by atoms with Crippen molar-refractivity contribution >= 4 is 11.0 Å². The van der Waals surface area contributed by atoms with Gasteiger partial charge < -0.3 is 5.11 Å². The summed E-state index contributed by atoms with van der Waals surface area (Å²) in [5.41, 5.74) is -9.27. The minimum atomic E-state index is -3.98. The Morgan fingerprint density at radius 3 is 2.00 bits per heavy atom. The first-order chi connectivity index (χ1) is 38.0. The van der Waals surface area contributed by atoms with Gasteiger partial charge in [-0.2, -0.15) is 0 Å². The zero-order valence-electron chi connectivity index (χ0n) is 56.9. The number of fused-ring (bicyclic) bond motifs is 1. The van der Waals surface area contributed by atoms with E-state index in [-0.39, 0.29) is 71.8 Å². The number of phenols is 1. The number of imidazole rings is 1. The van der Waals surface area contributed by atoms with Crippen molar-refractivity contribution in [1.29, 1.82) is 0 Å². The Morgan fingerprint density at radius 2 is 1.29 bits per heavy atom. The van der Waals surface area contributed by atoms with Crippen molar-refractivity contribution in [2.75, 3.05) is 0 Å². The van der Waals surface area contributed by atoms with E-state index in [4.69, 9.17) is 37.9 Å². The second-order valence-electron chi connectivity index (χ2n) is 15.0. The van der Waals surface area contributed by atoms with Gasteiger partial charge in [0.1, 0.15) is 11.6 Å². The Morgan fingerprint density at radius 1 is 0.610 bits per heavy atom. The summed E-state index contributed by atoms with van der Waals surface area (Å²) in [7, 11) is 0. The second-order valence-corrected chi connectivity index (χ2v) is 15.0. The average Bonchev–Trinajstić information content (AvgIpc) is 0.829. The summed E-state index contributed by atoms with van der Waals surface area (Å²) >= 11 is 0. The summed E-state index contributed by atoms with van der Waals surface area (Å²) in [5, 5.41) is 11.5. The Labute approximate surface area is 399 Å². The third-order valence-corrected chi connectivity index (χ3v) is 9.71. The molecule has 0 radical (unpaired) electrons. The Balaban J connectivity index is 0.0000101. The van der Waals surface area contributed by atoms with Crippen molar-refractivity contribution < 1.29 is 60.4 Å². The van der Waals surface area contributed by atoms with Gasteiger partial charge >= 0.3 is 0 Å². The van der Waals surface area contributed by atoms with Gasteiger partial charge in [0.25, 0.3) is 0 Å². The van der Waals surface area contributed by atoms with Gasteiger partial charge in [-0.15, -0.1) is 29.3 Å². The van der Waals surface area contributed by atoms with Crippen LogP contribution in [-0.4, -0.2) is 19.6 Å². The smallest absolute Gasteiger partial charge is 0.148 e. The van der Waals surface area contributed by atoms with Crippen molar-refractivity contribution in [2.45, 2.75) is 78.1 Å². The zero-order valence-corrected chi connectivity index (χ0v) is 34.2. The molecule has 0 atom stereocenters. The van der Waals surface area contributed by atoms with E-state index in [1.807, 2.05) is 20.8 Å². The van der Waals surface area contributed by atoms with Crippen LogP contribution in [-0.2, 0) is 37.3 Å². The van der Waals surface area contributed by atoms with Gasteiger partial charge in [-0.1, -0.05) is 164 Å². The molecule has 0 saturated heterocycles. The van der Waals surface area contributed by atoms with Crippen molar-refractivity contribution in [3.63, 3.8) is 0 Å². The Kier molecular flexibility index (Phi) is 5.55. The van der Waals surface area contributed by atoms with Crippen LogP contribution in [0.5, 0.6) is 5.75 Å². The van der Waals surface area contributed by atoms with Crippen LogP contribution < -0.4 is 0 Å². The van der Waals surface area contributed by atoms with Gasteiger partial charge in [0.15, 0.2) is 0 Å². The average molecular weight is 979 g/mol. The van der Waals surface area contributed by atoms with E-state index in [1.54, 1.807) is 83.4 Å². The van der Waals surface area contributed by atoms with Crippen LogP contribution in [0, 0.1) is 6.07 Å². The van der Waals surface area contributed by atoms with E-state index in [2.05, 4.69) is 11.1 Å². The van der Waals surface area contributed by atoms with Crippen LogP contribution in [0.4, 0.5) is 0 Å². The summed E-state index contributed by atoms with van der Waals surface area (Å²) in [6, 6.07) is 23.2. The van der Waals surface area contributed by atoms with Gasteiger partial charge in [-0.05, 0) is 80.4 Å². The summed E-state index contributed by atoms with van der Waals surface area (Å²) < 4.78 is 216. The first kappa shape index (κ1) is 20.6. The first-order valence-corrected chi connectivity index (χ1v) is 18.2. The normalized spacial score (nSPS) is 19.5. The molecule has 59 heavy (non-hydrogen) atoms. The molecule has 0 unspecified atom stereocenters. The van der Waals surface area contributed by atoms with E-state index in [1.165, 1.54) is 18.2 Å². The van der Waals surface area contributed by atoms with E-state index < -0.39 is 122 Å². The number of aromatic hydroxyl groups is 1. The summed E-state index contributed by atoms with van der Waals surface area (Å²) in [4.78, 5) is 9.43. The minimum Gasteiger partial charge on any atom is -0.507 e. The monoisotopic (exact) mass is 979 g/mol. The molecule has 300 valence electrons. The molecule has 2 aromatic heterocycles. The first-order valence-electron chi connectivity index (χ1n) is 30.7. The van der Waals surface area contributed by atoms with Gasteiger partial charge in [0.2, 0.25) is 0 Å². The number of para-hydroxylation sites is 2. The molecule has 0 bridgehead atoms. The number of phenolic OH excluding ortho intramolecular Hbond substituents is 1. The van der Waals surface area contributed by atoms with Crippen LogP contribution in [0.15, 0.2) is 146 Å². The number of hydrogen-bond donors (Lipinski definition) is 1. The molecule has 6 aromatic carbocycles. The van der Waals surface area contributed by atoms with Crippen molar-refractivity contribution in [3.8, 4) is 67.5 Å². The Bertz CT molecular complexity index is 3770. The predicted octanol–water partition coefficient (Wildman–Crippen LogP) is 14.2. The molecule has 0 aliphatic heterocycles. The molecule has 0 fully saturated rings. The quantitative estimate of drug-likeness (QED) is 0.169. The molecular formula is C54H52N3OPt-. The van der Waals surface area contributed by atoms with Crippen LogP contribution in [0.1, 0.15) is 113 Å². The fourth-order valence-corrected chi connectivity index (χ4v) is 6.69. The number of rotatable bonds is 6. The third-order valence-electron chi connectivity index (χ3n) is 9.71. The van der Waals surface area contributed by atoms with E-state index in [0.717, 1.165) is 6.07 Å². The van der Waals surface area contributed by atoms with Crippen LogP contribution in [0.3, 0.4) is 0 Å². The minimum absolute atomic E-state index is 0. The van der Waals surface area contributed by atoms with Crippen molar-refractivity contribution in [1.82, 2.24) is 14.5 Å². The standard InChI is InChI=1S/C54H52N3O.Pt/c1-52(2,3)40-24-22-35(23-25-40)37-28-29-55-46(33-37)39-30-38(31-42(32-39)54(7,8)9)43-19-15-20-48-50(43)56-51(44-18-13-14-21-49(44)58)57(48)47-27-26-41(53(4,5)6)34-45(47)36-16-11-10-12-17-36;/h10-29,31-34,58H,1-9H3;/q-1;/i1D3,2D3,3D3,4D3,5D3,6D3,22D,23D,24D,25D,28D,29D,33D;. The number of pyridine rings is 1. The molecule has 0 aliphatic rings. The Hall–Kier alpha value is -5.57. The fourth-order valence-electron chi connectivity index (χ4n) is 6.69. The number of aromatic nitrogens is 3. The van der Waals surface area contributed by atoms with Gasteiger partial charge in [0.05, 0.1) is 31.9 Å². The maximum atomic E-state index is 11.5. The van der Waals surface area contributed by atoms with Crippen LogP contribution in [0.2, 0.25) is 0 Å². The number of nitrogens with zero attached hydrogens (tertiary/aromatic N) is 3. The zero-order chi connectivity index (χ0) is 62.1. The van der Waals surface area contributed by atoms with Gasteiger partial charge in [0, 0.05) is 63.2 Å². The molecule has 0 spiro atoms. The maximum absolute atomic E-state index is 11.5. The SMILES string of the molecule is [2H]c1nc(-c2[c-]c(-c3cccc4c3nc(-c3ccccc3O)n4-c3ccc(C(C([2H])([2H])[2H])(C([2H])([2H])[2H])C([2H])([2H])[2H])cc3-c3ccccc3)cc(C(C)(C)C)c2)c([2H])c(-c2c([2H])c([2H])c(C(C([2H])([2H])[2H])(C([2H])([2H])[2H])C([2H])([2H])[2H])c([2H])c2[2H])c1[2H].[Pt]. The van der Waals surface area contributed by atoms with Crippen molar-refractivity contribution in [2.24, 2.45) is 0 Å². The van der Waals surface area contributed by atoms with E-state index in [0.29, 0.717) is 22.2 Å². The molecule has 8 aromatic rings. The molecule has 2 heterocycles. The molecule has 0 saturated carbocycles. The molecule has 4 nitrogen and oxygen atoms in total. The summed E-state index contributed by atoms with van der Waals surface area (Å²) in [6.07, 6.45) is -0.841. The molecule has 5 heteroatoms. The molecule has 0 aliphatic carbocycles. The maximum Gasteiger partial charge on any atom is 0.148 e. The largest absolute Gasteiger partial charge is 0.507 e. The predicted molar refractivity (Wildman–Crippen MR) is 243 cm³/mol. The molecular weight excluding hydrogens is 902 g/mol. The van der Waals surface area contributed by atoms with Gasteiger partial charge in [-0.3, -0.25) is 9.55 Å². The van der Waals surface area contributed by atoms with Crippen LogP contribution in [0.25, 0.3) is 72.7 Å². The molecule has 0 amide bonds. The molecule has 8 rings (SSSR count). The number of hydrogen-bond acceptors (Lipinski definition) is 3. The van der Waals surface area contributed by atoms with E-state index >= 15 is 0 Å². The van der Waals surface area contributed by atoms with Crippen LogP contribution >= 0.6 is 0 Å². The summed E-state index contributed by atoms with van der Waals surface area (Å²) in [6.45, 7) is -17.1. The number of benzene rings is 6. The molecule has 1 N–H and O–H groups in total. The summed E-state index contributed by atoms with van der Waals surface area (Å²) in [5.74, 6) is -0.129.